The van der Waals surface area contributed by atoms with E-state index in [-0.39, 0.29) is 11.1 Å². The summed E-state index contributed by atoms with van der Waals surface area (Å²) in [5.41, 5.74) is 16.2. The number of carbonyl (C=O) groups is 2. The van der Waals surface area contributed by atoms with Gasteiger partial charge in [0.1, 0.15) is 16.1 Å². The molecule has 0 heterocycles. The van der Waals surface area contributed by atoms with E-state index in [1.165, 1.54) is 0 Å². The maximum atomic E-state index is 12.6. The Morgan fingerprint density at radius 1 is 0.379 bits per heavy atom. The Balaban J connectivity index is 1.17. The maximum Gasteiger partial charge on any atom is 0.336 e. The fourth-order valence-electron chi connectivity index (χ4n) is 6.19. The van der Waals surface area contributed by atoms with Crippen LogP contribution in [0, 0.1) is 46.6 Å². The van der Waals surface area contributed by atoms with Gasteiger partial charge < -0.3 is 10.2 Å². The molecule has 0 fully saturated rings. The molecule has 0 bridgehead atoms. The summed E-state index contributed by atoms with van der Waals surface area (Å²) in [6.45, 7) is 13.2. The zero-order chi connectivity index (χ0) is 41.5. The van der Waals surface area contributed by atoms with Crippen molar-refractivity contribution in [2.24, 2.45) is 0 Å². The van der Waals surface area contributed by atoms with Gasteiger partial charge in [-0.15, -0.1) is 11.1 Å². The highest BCUT2D eigenvalue weighted by Crippen LogP contribution is 2.34. The highest BCUT2D eigenvalue weighted by molar-refractivity contribution is 6.84. The molecule has 6 rings (SSSR count). The molecule has 6 aromatic carbocycles. The smallest absolute Gasteiger partial charge is 0.336 e. The highest BCUT2D eigenvalue weighted by Gasteiger charge is 2.19. The van der Waals surface area contributed by atoms with E-state index in [0.29, 0.717) is 22.3 Å². The first kappa shape index (κ1) is 40.6. The SMILES string of the molecule is C[Si](C)(C)C#Cc1ccc(-c2cccc(-c3ccc(C#CC#Cc4ccc(-c5cccc(-c6ccc(C#C[Si](C)(C)C)cc6)c5C(=O)O)cc4)cc3)c2C(=O)O)cc1. The van der Waals surface area contributed by atoms with Gasteiger partial charge in [0.25, 0.3) is 0 Å². The van der Waals surface area contributed by atoms with Crippen LogP contribution < -0.4 is 0 Å². The maximum absolute atomic E-state index is 12.6. The molecule has 0 atom stereocenters. The van der Waals surface area contributed by atoms with E-state index in [0.717, 1.165) is 44.5 Å². The van der Waals surface area contributed by atoms with Crippen LogP contribution in [0.3, 0.4) is 0 Å². The lowest BCUT2D eigenvalue weighted by Crippen LogP contribution is -2.16. The Labute approximate surface area is 343 Å². The molecule has 0 saturated carbocycles. The molecule has 6 heteroatoms. The second kappa shape index (κ2) is 17.4. The lowest BCUT2D eigenvalue weighted by Gasteiger charge is -2.12. The summed E-state index contributed by atoms with van der Waals surface area (Å²) in [6, 6.07) is 41.4. The Hall–Kier alpha value is -7.07. The minimum atomic E-state index is -1.51. The third-order valence-corrected chi connectivity index (χ3v) is 10.7. The van der Waals surface area contributed by atoms with Gasteiger partial charge in [-0.1, -0.05) is 148 Å². The van der Waals surface area contributed by atoms with E-state index in [9.17, 15) is 19.8 Å². The van der Waals surface area contributed by atoms with Crippen molar-refractivity contribution < 1.29 is 19.8 Å². The topological polar surface area (TPSA) is 74.6 Å². The number of carboxylic acid groups (broad SMARTS) is 2. The normalized spacial score (nSPS) is 10.7. The summed E-state index contributed by atoms with van der Waals surface area (Å²) >= 11 is 0. The molecule has 58 heavy (non-hydrogen) atoms. The molecule has 0 spiro atoms. The monoisotopic (exact) mass is 786 g/mol. The van der Waals surface area contributed by atoms with Crippen molar-refractivity contribution in [2.75, 3.05) is 0 Å². The summed E-state index contributed by atoms with van der Waals surface area (Å²) in [4.78, 5) is 25.2. The molecule has 0 saturated heterocycles. The minimum Gasteiger partial charge on any atom is -0.478 e. The molecule has 6 aromatic rings. The summed E-state index contributed by atoms with van der Waals surface area (Å²) < 4.78 is 0. The molecular formula is C52H42O4Si2. The van der Waals surface area contributed by atoms with Crippen molar-refractivity contribution in [1.82, 2.24) is 0 Å². The lowest BCUT2D eigenvalue weighted by molar-refractivity contribution is 0.0687. The van der Waals surface area contributed by atoms with Gasteiger partial charge in [0.2, 0.25) is 0 Å². The fraction of sp³-hybridized carbons (Fsp3) is 0.115. The van der Waals surface area contributed by atoms with Gasteiger partial charge in [-0.05, 0) is 105 Å². The van der Waals surface area contributed by atoms with Crippen LogP contribution in [0.15, 0.2) is 133 Å². The van der Waals surface area contributed by atoms with Gasteiger partial charge in [-0.25, -0.2) is 9.59 Å². The molecule has 0 aromatic heterocycles. The van der Waals surface area contributed by atoms with Crippen LogP contribution in [0.25, 0.3) is 44.5 Å². The van der Waals surface area contributed by atoms with Crippen LogP contribution in [0.1, 0.15) is 43.0 Å². The number of hydrogen-bond acceptors (Lipinski definition) is 2. The van der Waals surface area contributed by atoms with Crippen LogP contribution in [0.2, 0.25) is 39.3 Å². The van der Waals surface area contributed by atoms with Gasteiger partial charge in [-0.2, -0.15) is 0 Å². The van der Waals surface area contributed by atoms with Gasteiger partial charge in [0.05, 0.1) is 11.1 Å². The van der Waals surface area contributed by atoms with Crippen LogP contribution in [-0.2, 0) is 0 Å². The molecule has 2 N–H and O–H groups in total. The lowest BCUT2D eigenvalue weighted by atomic mass is 9.91. The number of hydrogen-bond donors (Lipinski definition) is 2. The Kier molecular flexibility index (Phi) is 12.2. The van der Waals surface area contributed by atoms with Crippen LogP contribution in [0.4, 0.5) is 0 Å². The molecule has 0 amide bonds. The summed E-state index contributed by atoms with van der Waals surface area (Å²) in [6.07, 6.45) is 0. The standard InChI is InChI=1S/C52H42O4Si2/c1-57(2,3)35-33-39-21-29-43(30-22-39)47-15-9-13-45(49(47)51(53)54)41-25-17-37(18-26-41)11-7-8-12-38-19-27-42(28-20-38)46-14-10-16-48(50(46)52(55)56)44-31-23-40(24-32-44)34-36-58(4,5)6/h9-10,13-32H,1-6H3,(H,53,54)(H,55,56). The first-order valence-corrected chi connectivity index (χ1v) is 25.9. The zero-order valence-corrected chi connectivity index (χ0v) is 35.4. The predicted octanol–water partition coefficient (Wildman–Crippen LogP) is 11.6. The first-order chi connectivity index (χ1) is 27.6. The Bertz CT molecular complexity index is 2580. The number of carboxylic acids is 2. The van der Waals surface area contributed by atoms with Crippen molar-refractivity contribution in [3.8, 4) is 91.1 Å². The summed E-state index contributed by atoms with van der Waals surface area (Å²) in [5.74, 6) is 16.5. The Morgan fingerprint density at radius 2 is 0.621 bits per heavy atom. The molecule has 4 nitrogen and oxygen atoms in total. The number of benzene rings is 6. The van der Waals surface area contributed by atoms with Gasteiger partial charge >= 0.3 is 11.9 Å². The van der Waals surface area contributed by atoms with Crippen molar-refractivity contribution in [3.63, 3.8) is 0 Å². The zero-order valence-electron chi connectivity index (χ0n) is 33.4. The fourth-order valence-corrected chi connectivity index (χ4v) is 7.23. The molecule has 0 aliphatic carbocycles. The summed E-state index contributed by atoms with van der Waals surface area (Å²) in [7, 11) is -3.03. The second-order valence-corrected chi connectivity index (χ2v) is 25.4. The van der Waals surface area contributed by atoms with Crippen molar-refractivity contribution in [2.45, 2.75) is 39.3 Å². The number of rotatable bonds is 6. The van der Waals surface area contributed by atoms with Gasteiger partial charge in [0, 0.05) is 22.3 Å². The van der Waals surface area contributed by atoms with E-state index < -0.39 is 28.1 Å². The molecule has 0 aliphatic heterocycles. The van der Waals surface area contributed by atoms with Gasteiger partial charge in [-0.3, -0.25) is 0 Å². The van der Waals surface area contributed by atoms with E-state index >= 15 is 0 Å². The van der Waals surface area contributed by atoms with E-state index in [1.54, 1.807) is 0 Å². The third-order valence-electron chi connectivity index (χ3n) is 8.98. The molecule has 0 aliphatic rings. The molecule has 0 radical (unpaired) electrons. The second-order valence-electron chi connectivity index (χ2n) is 15.9. The van der Waals surface area contributed by atoms with Crippen LogP contribution >= 0.6 is 0 Å². The van der Waals surface area contributed by atoms with Crippen molar-refractivity contribution >= 4 is 28.1 Å². The summed E-state index contributed by atoms with van der Waals surface area (Å²) in [5, 5.41) is 20.6. The Morgan fingerprint density at radius 3 is 0.845 bits per heavy atom. The van der Waals surface area contributed by atoms with E-state index in [1.807, 2.05) is 133 Å². The van der Waals surface area contributed by atoms with Crippen LogP contribution in [0.5, 0.6) is 0 Å². The van der Waals surface area contributed by atoms with Crippen molar-refractivity contribution in [3.05, 3.63) is 167 Å². The van der Waals surface area contributed by atoms with Gasteiger partial charge in [0.15, 0.2) is 0 Å². The average Bonchev–Trinajstić information content (AvgIpc) is 3.20. The van der Waals surface area contributed by atoms with E-state index in [4.69, 9.17) is 0 Å². The van der Waals surface area contributed by atoms with Crippen molar-refractivity contribution in [1.29, 1.82) is 0 Å². The third kappa shape index (κ3) is 10.4. The number of aromatic carboxylic acids is 2. The first-order valence-electron chi connectivity index (χ1n) is 18.9. The molecular weight excluding hydrogens is 745 g/mol. The largest absolute Gasteiger partial charge is 0.478 e. The quantitative estimate of drug-likeness (QED) is 0.130. The minimum absolute atomic E-state index is 0.236. The highest BCUT2D eigenvalue weighted by atomic mass is 28.3. The average molecular weight is 787 g/mol. The van der Waals surface area contributed by atoms with Crippen LogP contribution in [-0.4, -0.2) is 38.3 Å². The predicted molar refractivity (Wildman–Crippen MR) is 243 cm³/mol. The molecule has 282 valence electrons. The van der Waals surface area contributed by atoms with E-state index in [2.05, 4.69) is 85.9 Å². The molecule has 0 unspecified atom stereocenters.